The lowest BCUT2D eigenvalue weighted by molar-refractivity contribution is -0.117. The molecule has 4 aromatic rings. The van der Waals surface area contributed by atoms with Gasteiger partial charge in [-0.25, -0.2) is 0 Å². The molecule has 0 saturated heterocycles. The topological polar surface area (TPSA) is 85.1 Å². The maximum absolute atomic E-state index is 12.4. The normalized spacial score (nSPS) is 14.6. The third kappa shape index (κ3) is 4.30. The number of fused-ring (bicyclic) bond motifs is 1. The predicted molar refractivity (Wildman–Crippen MR) is 119 cm³/mol. The van der Waals surface area contributed by atoms with Crippen molar-refractivity contribution >= 4 is 17.2 Å². The molecule has 1 fully saturated rings. The van der Waals surface area contributed by atoms with Gasteiger partial charge in [0.25, 0.3) is 0 Å². The quantitative estimate of drug-likeness (QED) is 0.511. The van der Waals surface area contributed by atoms with Crippen LogP contribution < -0.4 is 5.32 Å². The zero-order chi connectivity index (χ0) is 21.0. The van der Waals surface area contributed by atoms with E-state index in [1.165, 1.54) is 32.1 Å². The van der Waals surface area contributed by atoms with E-state index in [0.29, 0.717) is 23.8 Å². The van der Waals surface area contributed by atoms with Gasteiger partial charge in [0.15, 0.2) is 11.5 Å². The molecule has 0 radical (unpaired) electrons. The highest BCUT2D eigenvalue weighted by molar-refractivity contribution is 5.91. The average Bonchev–Trinajstić information content (AvgIpc) is 3.24. The van der Waals surface area contributed by atoms with E-state index in [4.69, 9.17) is 5.10 Å². The van der Waals surface area contributed by atoms with Gasteiger partial charge in [-0.3, -0.25) is 9.78 Å². The second-order valence-corrected chi connectivity index (χ2v) is 8.09. The number of carbonyl (C=O) groups is 1. The van der Waals surface area contributed by atoms with E-state index in [9.17, 15) is 4.79 Å². The zero-order valence-electron chi connectivity index (χ0n) is 17.2. The van der Waals surface area contributed by atoms with Crippen LogP contribution in [0.2, 0.25) is 0 Å². The molecule has 0 aliphatic heterocycles. The van der Waals surface area contributed by atoms with E-state index >= 15 is 0 Å². The summed E-state index contributed by atoms with van der Waals surface area (Å²) in [5.41, 5.74) is 4.10. The van der Waals surface area contributed by atoms with E-state index in [1.807, 2.05) is 48.5 Å². The van der Waals surface area contributed by atoms with Crippen LogP contribution in [0, 0.1) is 5.92 Å². The fourth-order valence-corrected chi connectivity index (χ4v) is 4.21. The predicted octanol–water partition coefficient (Wildman–Crippen LogP) is 4.76. The Morgan fingerprint density at radius 1 is 0.968 bits per heavy atom. The molecule has 7 nitrogen and oxygen atoms in total. The summed E-state index contributed by atoms with van der Waals surface area (Å²) in [5.74, 6) is 1.28. The first-order chi connectivity index (χ1) is 15.3. The highest BCUT2D eigenvalue weighted by Gasteiger charge is 2.17. The first-order valence-electron chi connectivity index (χ1n) is 10.8. The molecule has 0 atom stereocenters. The van der Waals surface area contributed by atoms with Gasteiger partial charge in [-0.05, 0) is 55.2 Å². The third-order valence-corrected chi connectivity index (χ3v) is 5.85. The van der Waals surface area contributed by atoms with Gasteiger partial charge in [-0.1, -0.05) is 31.4 Å². The van der Waals surface area contributed by atoms with Crippen LogP contribution in [0.5, 0.6) is 0 Å². The number of nitrogens with zero attached hydrogens (tertiary/aromatic N) is 5. The van der Waals surface area contributed by atoms with Crippen molar-refractivity contribution in [2.75, 3.05) is 5.32 Å². The number of hydrogen-bond acceptors (Lipinski definition) is 5. The molecule has 1 aromatic carbocycles. The summed E-state index contributed by atoms with van der Waals surface area (Å²) in [5, 5.41) is 16.2. The standard InChI is InChI=1S/C24H24N6O/c31-23(15-17-5-2-1-3-6-17)26-20-10-8-18(9-11-20)21-12-13-22-27-28-24(30(22)29-21)19-7-4-14-25-16-19/h4,7-14,16-17H,1-3,5-6,15H2,(H,26,31). The van der Waals surface area contributed by atoms with Crippen molar-refractivity contribution in [3.05, 3.63) is 60.9 Å². The molecule has 3 aromatic heterocycles. The van der Waals surface area contributed by atoms with Crippen molar-refractivity contribution in [1.82, 2.24) is 24.8 Å². The first kappa shape index (κ1) is 19.4. The highest BCUT2D eigenvalue weighted by Crippen LogP contribution is 2.27. The van der Waals surface area contributed by atoms with Crippen LogP contribution >= 0.6 is 0 Å². The van der Waals surface area contributed by atoms with Crippen molar-refractivity contribution in [2.45, 2.75) is 38.5 Å². The molecular weight excluding hydrogens is 388 g/mol. The van der Waals surface area contributed by atoms with Gasteiger partial charge in [0.2, 0.25) is 5.91 Å². The summed E-state index contributed by atoms with van der Waals surface area (Å²) in [7, 11) is 0. The SMILES string of the molecule is O=C(CC1CCCCC1)Nc1ccc(-c2ccc3nnc(-c4cccnc4)n3n2)cc1. The van der Waals surface area contributed by atoms with Crippen LogP contribution in [-0.2, 0) is 4.79 Å². The smallest absolute Gasteiger partial charge is 0.224 e. The molecule has 0 unspecified atom stereocenters. The Kier molecular flexibility index (Phi) is 5.39. The Morgan fingerprint density at radius 3 is 2.58 bits per heavy atom. The fourth-order valence-electron chi connectivity index (χ4n) is 4.21. The highest BCUT2D eigenvalue weighted by atomic mass is 16.1. The second-order valence-electron chi connectivity index (χ2n) is 8.09. The first-order valence-corrected chi connectivity index (χ1v) is 10.8. The maximum atomic E-state index is 12.4. The van der Waals surface area contributed by atoms with Gasteiger partial charge in [0.1, 0.15) is 0 Å². The Bertz CT molecular complexity index is 1180. The number of anilines is 1. The molecule has 1 aliphatic carbocycles. The molecule has 31 heavy (non-hydrogen) atoms. The molecule has 1 aliphatic rings. The van der Waals surface area contributed by atoms with Crippen LogP contribution in [-0.4, -0.2) is 30.7 Å². The van der Waals surface area contributed by atoms with Gasteiger partial charge >= 0.3 is 0 Å². The minimum Gasteiger partial charge on any atom is -0.326 e. The second kappa shape index (κ2) is 8.63. The number of benzene rings is 1. The number of rotatable bonds is 5. The summed E-state index contributed by atoms with van der Waals surface area (Å²) in [6.07, 6.45) is 10.2. The maximum Gasteiger partial charge on any atom is 0.224 e. The lowest BCUT2D eigenvalue weighted by Gasteiger charge is -2.20. The molecule has 7 heteroatoms. The Balaban J connectivity index is 1.33. The van der Waals surface area contributed by atoms with Crippen molar-refractivity contribution in [3.8, 4) is 22.6 Å². The minimum absolute atomic E-state index is 0.102. The lowest BCUT2D eigenvalue weighted by Crippen LogP contribution is -2.18. The van der Waals surface area contributed by atoms with Crippen molar-refractivity contribution in [3.63, 3.8) is 0 Å². The Labute approximate surface area is 180 Å². The Morgan fingerprint density at radius 2 is 1.81 bits per heavy atom. The average molecular weight is 412 g/mol. The zero-order valence-corrected chi connectivity index (χ0v) is 17.2. The number of nitrogens with one attached hydrogen (secondary N) is 1. The van der Waals surface area contributed by atoms with E-state index in [0.717, 1.165) is 22.5 Å². The number of hydrogen-bond donors (Lipinski definition) is 1. The van der Waals surface area contributed by atoms with Gasteiger partial charge < -0.3 is 5.32 Å². The molecule has 156 valence electrons. The van der Waals surface area contributed by atoms with Gasteiger partial charge in [-0.2, -0.15) is 9.61 Å². The van der Waals surface area contributed by atoms with Crippen molar-refractivity contribution in [1.29, 1.82) is 0 Å². The van der Waals surface area contributed by atoms with E-state index in [1.54, 1.807) is 16.9 Å². The summed E-state index contributed by atoms with van der Waals surface area (Å²) in [6, 6.07) is 15.4. The molecule has 0 bridgehead atoms. The summed E-state index contributed by atoms with van der Waals surface area (Å²) in [6.45, 7) is 0. The van der Waals surface area contributed by atoms with Gasteiger partial charge in [0.05, 0.1) is 5.69 Å². The summed E-state index contributed by atoms with van der Waals surface area (Å²) < 4.78 is 1.73. The minimum atomic E-state index is 0.102. The van der Waals surface area contributed by atoms with E-state index in [-0.39, 0.29) is 5.91 Å². The van der Waals surface area contributed by atoms with E-state index < -0.39 is 0 Å². The van der Waals surface area contributed by atoms with Crippen LogP contribution in [0.15, 0.2) is 60.9 Å². The molecule has 1 saturated carbocycles. The molecule has 3 heterocycles. The van der Waals surface area contributed by atoms with Crippen LogP contribution in [0.1, 0.15) is 38.5 Å². The van der Waals surface area contributed by atoms with Crippen molar-refractivity contribution in [2.24, 2.45) is 5.92 Å². The van der Waals surface area contributed by atoms with Gasteiger partial charge in [-0.15, -0.1) is 10.2 Å². The summed E-state index contributed by atoms with van der Waals surface area (Å²) >= 11 is 0. The molecule has 5 rings (SSSR count). The number of aromatic nitrogens is 5. The molecular formula is C24H24N6O. The van der Waals surface area contributed by atoms with Crippen LogP contribution in [0.4, 0.5) is 5.69 Å². The summed E-state index contributed by atoms with van der Waals surface area (Å²) in [4.78, 5) is 16.5. The third-order valence-electron chi connectivity index (χ3n) is 5.85. The van der Waals surface area contributed by atoms with Crippen LogP contribution in [0.25, 0.3) is 28.3 Å². The fraction of sp³-hybridized carbons (Fsp3) is 0.292. The van der Waals surface area contributed by atoms with Crippen molar-refractivity contribution < 1.29 is 4.79 Å². The van der Waals surface area contributed by atoms with E-state index in [2.05, 4.69) is 20.5 Å². The number of amides is 1. The lowest BCUT2D eigenvalue weighted by atomic mass is 9.87. The number of carbonyl (C=O) groups excluding carboxylic acids is 1. The van der Waals surface area contributed by atoms with Crippen LogP contribution in [0.3, 0.4) is 0 Å². The Hall–Kier alpha value is -3.61. The molecule has 1 N–H and O–H groups in total. The number of pyridine rings is 1. The largest absolute Gasteiger partial charge is 0.326 e. The molecule has 0 spiro atoms. The van der Waals surface area contributed by atoms with Gasteiger partial charge in [0, 0.05) is 35.6 Å². The molecule has 1 amide bonds. The monoisotopic (exact) mass is 412 g/mol.